The van der Waals surface area contributed by atoms with Crippen LogP contribution in [0, 0.1) is 23.1 Å². The molecular formula is C28H23FN6O2. The van der Waals surface area contributed by atoms with E-state index in [2.05, 4.69) is 28.3 Å². The Hall–Kier alpha value is -4.97. The minimum atomic E-state index is -0.583. The van der Waals surface area contributed by atoms with E-state index >= 15 is 4.39 Å². The number of aryl methyl sites for hydroxylation is 1. The molecule has 184 valence electrons. The summed E-state index contributed by atoms with van der Waals surface area (Å²) in [7, 11) is 1.80. The van der Waals surface area contributed by atoms with Crippen LogP contribution in [-0.4, -0.2) is 21.4 Å². The fourth-order valence-electron chi connectivity index (χ4n) is 4.47. The quantitative estimate of drug-likeness (QED) is 0.326. The molecule has 0 aliphatic heterocycles. The van der Waals surface area contributed by atoms with Crippen LogP contribution in [0.15, 0.2) is 61.3 Å². The Bertz CT molecular complexity index is 1630. The maximum Gasteiger partial charge on any atom is 0.247 e. The smallest absolute Gasteiger partial charge is 0.247 e. The minimum Gasteiger partial charge on any atom is -0.383 e. The molecule has 0 saturated heterocycles. The second-order valence-corrected chi connectivity index (χ2v) is 8.90. The molecule has 0 atom stereocenters. The lowest BCUT2D eigenvalue weighted by Crippen LogP contribution is -2.14. The Morgan fingerprint density at radius 3 is 2.51 bits per heavy atom. The Morgan fingerprint density at radius 2 is 1.89 bits per heavy atom. The summed E-state index contributed by atoms with van der Waals surface area (Å²) in [5.41, 5.74) is 10.4. The SMILES string of the molecule is C=CC(=O)Nc1ccc(-c2c(-c3ccc(NC(=O)C4CC4)c(F)c3)c3c(N)ncc(C#N)c3n2C)cc1. The van der Waals surface area contributed by atoms with Crippen LogP contribution in [0.2, 0.25) is 0 Å². The predicted molar refractivity (Wildman–Crippen MR) is 141 cm³/mol. The number of halogens is 1. The summed E-state index contributed by atoms with van der Waals surface area (Å²) in [5, 5.41) is 15.6. The number of rotatable bonds is 6. The molecule has 37 heavy (non-hydrogen) atoms. The van der Waals surface area contributed by atoms with Gasteiger partial charge in [0.15, 0.2) is 0 Å². The van der Waals surface area contributed by atoms with Crippen LogP contribution in [-0.2, 0) is 16.6 Å². The first-order valence-electron chi connectivity index (χ1n) is 11.6. The molecule has 4 aromatic rings. The standard InChI is InChI=1S/C28H23FN6O2/c1-3-22(36)33-19-9-6-15(7-10-19)25-23(24-26(35(25)2)18(13-30)14-32-27(24)31)17-8-11-21(20(29)12-17)34-28(37)16-4-5-16/h3,6-12,14,16H,1,4-5H2,2H3,(H2,31,32)(H,33,36)(H,34,37). The molecular weight excluding hydrogens is 471 g/mol. The van der Waals surface area contributed by atoms with Gasteiger partial charge in [0.1, 0.15) is 17.7 Å². The number of fused-ring (bicyclic) bond motifs is 1. The highest BCUT2D eigenvalue weighted by molar-refractivity contribution is 6.11. The Labute approximate surface area is 212 Å². The second kappa shape index (κ2) is 9.24. The number of pyridine rings is 1. The molecule has 2 aromatic carbocycles. The van der Waals surface area contributed by atoms with E-state index in [9.17, 15) is 14.9 Å². The van der Waals surface area contributed by atoms with Crippen LogP contribution in [0.1, 0.15) is 18.4 Å². The van der Waals surface area contributed by atoms with Crippen molar-refractivity contribution >= 4 is 39.9 Å². The van der Waals surface area contributed by atoms with Crippen molar-refractivity contribution in [3.05, 3.63) is 72.7 Å². The first-order chi connectivity index (χ1) is 17.8. The van der Waals surface area contributed by atoms with Crippen molar-refractivity contribution in [3.63, 3.8) is 0 Å². The van der Waals surface area contributed by atoms with E-state index < -0.39 is 5.82 Å². The van der Waals surface area contributed by atoms with Crippen molar-refractivity contribution in [2.24, 2.45) is 13.0 Å². The van der Waals surface area contributed by atoms with Crippen molar-refractivity contribution in [2.75, 3.05) is 16.4 Å². The van der Waals surface area contributed by atoms with Gasteiger partial charge in [0.05, 0.1) is 27.8 Å². The molecule has 4 N–H and O–H groups in total. The largest absolute Gasteiger partial charge is 0.383 e. The maximum absolute atomic E-state index is 15.2. The third kappa shape index (κ3) is 4.29. The summed E-state index contributed by atoms with van der Waals surface area (Å²) in [6.45, 7) is 3.45. The Kier molecular flexibility index (Phi) is 5.93. The Balaban J connectivity index is 1.69. The van der Waals surface area contributed by atoms with Crippen molar-refractivity contribution in [1.82, 2.24) is 9.55 Å². The van der Waals surface area contributed by atoms with Gasteiger partial charge < -0.3 is 20.9 Å². The van der Waals surface area contributed by atoms with Crippen molar-refractivity contribution in [3.8, 4) is 28.5 Å². The monoisotopic (exact) mass is 494 g/mol. The number of hydrogen-bond acceptors (Lipinski definition) is 5. The molecule has 0 radical (unpaired) electrons. The molecule has 9 heteroatoms. The number of benzene rings is 2. The van der Waals surface area contributed by atoms with E-state index in [1.54, 1.807) is 25.2 Å². The van der Waals surface area contributed by atoms with E-state index in [1.165, 1.54) is 24.4 Å². The van der Waals surface area contributed by atoms with Gasteiger partial charge in [0.2, 0.25) is 11.8 Å². The number of carbonyl (C=O) groups excluding carboxylic acids is 2. The normalized spacial score (nSPS) is 12.7. The van der Waals surface area contributed by atoms with Gasteiger partial charge >= 0.3 is 0 Å². The minimum absolute atomic E-state index is 0.0572. The summed E-state index contributed by atoms with van der Waals surface area (Å²) in [4.78, 5) is 28.0. The summed E-state index contributed by atoms with van der Waals surface area (Å²) in [5.74, 6) is -0.960. The van der Waals surface area contributed by atoms with E-state index in [0.717, 1.165) is 18.4 Å². The van der Waals surface area contributed by atoms with Gasteiger partial charge in [0.25, 0.3) is 0 Å². The molecule has 1 aliphatic rings. The fourth-order valence-corrected chi connectivity index (χ4v) is 4.47. The predicted octanol–water partition coefficient (Wildman–Crippen LogP) is 4.97. The highest BCUT2D eigenvalue weighted by atomic mass is 19.1. The van der Waals surface area contributed by atoms with Gasteiger partial charge in [-0.05, 0) is 54.3 Å². The van der Waals surface area contributed by atoms with Crippen molar-refractivity contribution in [2.45, 2.75) is 12.8 Å². The first kappa shape index (κ1) is 23.8. The van der Waals surface area contributed by atoms with Gasteiger partial charge in [-0.25, -0.2) is 9.37 Å². The summed E-state index contributed by atoms with van der Waals surface area (Å²) < 4.78 is 17.0. The van der Waals surface area contributed by atoms with Crippen LogP contribution >= 0.6 is 0 Å². The van der Waals surface area contributed by atoms with Crippen molar-refractivity contribution < 1.29 is 14.0 Å². The molecule has 8 nitrogen and oxygen atoms in total. The molecule has 0 unspecified atom stereocenters. The number of hydrogen-bond donors (Lipinski definition) is 3. The number of aromatic nitrogens is 2. The van der Waals surface area contributed by atoms with Gasteiger partial charge in [-0.2, -0.15) is 5.26 Å². The van der Waals surface area contributed by atoms with Crippen molar-refractivity contribution in [1.29, 1.82) is 5.26 Å². The third-order valence-electron chi connectivity index (χ3n) is 6.43. The molecule has 2 amide bonds. The van der Waals surface area contributed by atoms with Gasteiger partial charge in [-0.3, -0.25) is 9.59 Å². The van der Waals surface area contributed by atoms with Crippen LogP contribution in [0.5, 0.6) is 0 Å². The highest BCUT2D eigenvalue weighted by Crippen LogP contribution is 2.44. The topological polar surface area (TPSA) is 126 Å². The summed E-state index contributed by atoms with van der Waals surface area (Å²) >= 11 is 0. The fraction of sp³-hybridized carbons (Fsp3) is 0.143. The van der Waals surface area contributed by atoms with Gasteiger partial charge in [-0.1, -0.05) is 24.8 Å². The van der Waals surface area contributed by atoms with E-state index in [-0.39, 0.29) is 29.2 Å². The molecule has 2 aromatic heterocycles. The van der Waals surface area contributed by atoms with Gasteiger partial charge in [0, 0.05) is 30.4 Å². The zero-order chi connectivity index (χ0) is 26.3. The Morgan fingerprint density at radius 1 is 1.19 bits per heavy atom. The number of nitrogens with one attached hydrogen (secondary N) is 2. The van der Waals surface area contributed by atoms with Crippen LogP contribution in [0.25, 0.3) is 33.3 Å². The number of anilines is 3. The van der Waals surface area contributed by atoms with Crippen LogP contribution in [0.3, 0.4) is 0 Å². The number of carbonyl (C=O) groups is 2. The van der Waals surface area contributed by atoms with E-state index in [0.29, 0.717) is 39.0 Å². The molecule has 5 rings (SSSR count). The van der Waals surface area contributed by atoms with E-state index in [4.69, 9.17) is 5.73 Å². The van der Waals surface area contributed by atoms with E-state index in [1.807, 2.05) is 16.7 Å². The molecule has 0 bridgehead atoms. The highest BCUT2D eigenvalue weighted by Gasteiger charge is 2.30. The molecule has 2 heterocycles. The molecule has 1 saturated carbocycles. The van der Waals surface area contributed by atoms with Gasteiger partial charge in [-0.15, -0.1) is 0 Å². The number of nitrogens with zero attached hydrogens (tertiary/aromatic N) is 3. The lowest BCUT2D eigenvalue weighted by atomic mass is 9.97. The molecule has 0 spiro atoms. The number of nitriles is 1. The van der Waals surface area contributed by atoms with Crippen LogP contribution in [0.4, 0.5) is 21.6 Å². The average Bonchev–Trinajstić information content (AvgIpc) is 3.70. The second-order valence-electron chi connectivity index (χ2n) is 8.90. The lowest BCUT2D eigenvalue weighted by molar-refractivity contribution is -0.117. The zero-order valence-electron chi connectivity index (χ0n) is 20.0. The average molecular weight is 495 g/mol. The third-order valence-corrected chi connectivity index (χ3v) is 6.43. The number of nitrogens with two attached hydrogens (primary N) is 1. The first-order valence-corrected chi connectivity index (χ1v) is 11.6. The lowest BCUT2D eigenvalue weighted by Gasteiger charge is -2.12. The maximum atomic E-state index is 15.2. The molecule has 1 fully saturated rings. The summed E-state index contributed by atoms with van der Waals surface area (Å²) in [6.07, 6.45) is 4.22. The number of nitrogen functional groups attached to an aromatic ring is 1. The van der Waals surface area contributed by atoms with Crippen LogP contribution < -0.4 is 16.4 Å². The molecule has 1 aliphatic carbocycles. The zero-order valence-corrected chi connectivity index (χ0v) is 20.0. The summed E-state index contributed by atoms with van der Waals surface area (Å²) in [6, 6.07) is 13.8. The number of amides is 2.